The summed E-state index contributed by atoms with van der Waals surface area (Å²) in [7, 11) is 0. The summed E-state index contributed by atoms with van der Waals surface area (Å²) in [4.78, 5) is 4.28. The molecule has 0 saturated heterocycles. The van der Waals surface area contributed by atoms with Gasteiger partial charge in [0.2, 0.25) is 0 Å². The highest BCUT2D eigenvalue weighted by Gasteiger charge is 2.32. The Labute approximate surface area is 141 Å². The van der Waals surface area contributed by atoms with E-state index in [9.17, 15) is 13.2 Å². The van der Waals surface area contributed by atoms with Crippen molar-refractivity contribution in [2.75, 3.05) is 5.32 Å². The lowest BCUT2D eigenvalue weighted by molar-refractivity contribution is -0.274. The van der Waals surface area contributed by atoms with Crippen LogP contribution in [0.4, 0.5) is 18.9 Å². The summed E-state index contributed by atoms with van der Waals surface area (Å²) in [6.45, 7) is 0.217. The van der Waals surface area contributed by atoms with Gasteiger partial charge in [-0.15, -0.1) is 13.2 Å². The number of fused-ring (bicyclic) bond motifs is 1. The normalized spacial score (nSPS) is 11.5. The van der Waals surface area contributed by atoms with Crippen molar-refractivity contribution in [3.63, 3.8) is 0 Å². The summed E-state index contributed by atoms with van der Waals surface area (Å²) in [5.41, 5.74) is 1.66. The third kappa shape index (κ3) is 3.89. The van der Waals surface area contributed by atoms with Crippen molar-refractivity contribution >= 4 is 28.2 Å². The van der Waals surface area contributed by atoms with Crippen molar-refractivity contribution in [3.8, 4) is 5.75 Å². The van der Waals surface area contributed by atoms with Crippen LogP contribution in [-0.4, -0.2) is 11.3 Å². The Morgan fingerprint density at radius 1 is 1.04 bits per heavy atom. The summed E-state index contributed by atoms with van der Waals surface area (Å²) >= 11 is 6.15. The highest BCUT2D eigenvalue weighted by molar-refractivity contribution is 6.30. The highest BCUT2D eigenvalue weighted by atomic mass is 35.5. The first-order valence-corrected chi connectivity index (χ1v) is 7.43. The number of pyridine rings is 1. The Morgan fingerprint density at radius 3 is 2.54 bits per heavy atom. The number of nitrogens with one attached hydrogen (secondary N) is 1. The highest BCUT2D eigenvalue weighted by Crippen LogP contribution is 2.31. The fraction of sp³-hybridized carbons (Fsp3) is 0.118. The number of benzene rings is 2. The molecule has 0 atom stereocenters. The van der Waals surface area contributed by atoms with E-state index < -0.39 is 6.36 Å². The molecule has 0 aliphatic heterocycles. The van der Waals surface area contributed by atoms with Crippen LogP contribution in [0.25, 0.3) is 10.9 Å². The second-order valence-electron chi connectivity index (χ2n) is 5.03. The quantitative estimate of drug-likeness (QED) is 0.638. The van der Waals surface area contributed by atoms with Crippen molar-refractivity contribution in [2.24, 2.45) is 0 Å². The summed E-state index contributed by atoms with van der Waals surface area (Å²) < 4.78 is 41.3. The number of para-hydroxylation sites is 3. The first-order valence-electron chi connectivity index (χ1n) is 7.05. The van der Waals surface area contributed by atoms with Gasteiger partial charge < -0.3 is 10.1 Å². The van der Waals surface area contributed by atoms with E-state index in [2.05, 4.69) is 15.0 Å². The second-order valence-corrected chi connectivity index (χ2v) is 5.39. The summed E-state index contributed by atoms with van der Waals surface area (Å²) in [6, 6.07) is 15.1. The molecule has 0 aliphatic rings. The van der Waals surface area contributed by atoms with Gasteiger partial charge >= 0.3 is 6.36 Å². The molecule has 3 nitrogen and oxygen atoms in total. The molecule has 1 heterocycles. The molecule has 0 amide bonds. The SMILES string of the molecule is FC(F)(F)Oc1ccccc1NCc1cc2ccccc2nc1Cl. The molecule has 0 spiro atoms. The number of nitrogens with zero attached hydrogens (tertiary/aromatic N) is 1. The molecule has 1 aromatic heterocycles. The van der Waals surface area contributed by atoms with E-state index in [0.29, 0.717) is 10.7 Å². The molecule has 2 aromatic carbocycles. The van der Waals surface area contributed by atoms with Crippen molar-refractivity contribution in [1.82, 2.24) is 4.98 Å². The number of ether oxygens (including phenoxy) is 1. The van der Waals surface area contributed by atoms with Crippen LogP contribution in [0.3, 0.4) is 0 Å². The van der Waals surface area contributed by atoms with Crippen LogP contribution in [-0.2, 0) is 6.54 Å². The van der Waals surface area contributed by atoms with Crippen LogP contribution in [0.1, 0.15) is 5.56 Å². The zero-order valence-electron chi connectivity index (χ0n) is 12.3. The van der Waals surface area contributed by atoms with Gasteiger partial charge in [0, 0.05) is 17.5 Å². The van der Waals surface area contributed by atoms with Crippen LogP contribution in [0.15, 0.2) is 54.6 Å². The fourth-order valence-corrected chi connectivity index (χ4v) is 2.49. The number of rotatable bonds is 4. The Bertz CT molecular complexity index is 868. The standard InChI is InChI=1S/C17H12ClF3N2O/c18-16-12(9-11-5-1-2-6-13(11)23-16)10-22-14-7-3-4-8-15(14)24-17(19,20)21/h1-9,22H,10H2. The maximum Gasteiger partial charge on any atom is 0.573 e. The molecule has 0 fully saturated rings. The van der Waals surface area contributed by atoms with E-state index >= 15 is 0 Å². The van der Waals surface area contributed by atoms with Crippen LogP contribution in [0.5, 0.6) is 5.75 Å². The van der Waals surface area contributed by atoms with Gasteiger partial charge in [0.1, 0.15) is 5.15 Å². The maximum atomic E-state index is 12.4. The molecular weight excluding hydrogens is 341 g/mol. The minimum Gasteiger partial charge on any atom is -0.404 e. The largest absolute Gasteiger partial charge is 0.573 e. The van der Waals surface area contributed by atoms with Crippen molar-refractivity contribution < 1.29 is 17.9 Å². The lowest BCUT2D eigenvalue weighted by Crippen LogP contribution is -2.18. The second kappa shape index (κ2) is 6.57. The molecule has 0 saturated carbocycles. The number of hydrogen-bond donors (Lipinski definition) is 1. The van der Waals surface area contributed by atoms with Crippen LogP contribution >= 0.6 is 11.6 Å². The fourth-order valence-electron chi connectivity index (χ4n) is 2.28. The molecule has 1 N–H and O–H groups in total. The van der Waals surface area contributed by atoms with Crippen LogP contribution in [0.2, 0.25) is 5.15 Å². The molecule has 0 bridgehead atoms. The first-order chi connectivity index (χ1) is 11.4. The van der Waals surface area contributed by atoms with E-state index in [4.69, 9.17) is 11.6 Å². The molecule has 0 aliphatic carbocycles. The molecule has 0 radical (unpaired) electrons. The first kappa shape index (κ1) is 16.4. The van der Waals surface area contributed by atoms with Gasteiger partial charge in [-0.1, -0.05) is 41.9 Å². The van der Waals surface area contributed by atoms with Gasteiger partial charge in [0.05, 0.1) is 11.2 Å². The number of alkyl halides is 3. The Morgan fingerprint density at radius 2 is 1.75 bits per heavy atom. The summed E-state index contributed by atoms with van der Waals surface area (Å²) in [5, 5.41) is 4.11. The van der Waals surface area contributed by atoms with Gasteiger partial charge in [0.15, 0.2) is 5.75 Å². The van der Waals surface area contributed by atoms with Gasteiger partial charge in [-0.3, -0.25) is 0 Å². The van der Waals surface area contributed by atoms with E-state index in [1.54, 1.807) is 6.07 Å². The Kier molecular flexibility index (Phi) is 4.49. The number of anilines is 1. The third-order valence-corrected chi connectivity index (χ3v) is 3.66. The molecule has 3 rings (SSSR count). The van der Waals surface area contributed by atoms with Crippen molar-refractivity contribution in [1.29, 1.82) is 0 Å². The topological polar surface area (TPSA) is 34.1 Å². The van der Waals surface area contributed by atoms with E-state index in [1.165, 1.54) is 18.2 Å². The van der Waals surface area contributed by atoms with E-state index in [0.717, 1.165) is 10.9 Å². The average Bonchev–Trinajstić information content (AvgIpc) is 2.52. The zero-order valence-corrected chi connectivity index (χ0v) is 13.0. The molecule has 7 heteroatoms. The number of halogens is 4. The number of aromatic nitrogens is 1. The third-order valence-electron chi connectivity index (χ3n) is 3.33. The minimum absolute atomic E-state index is 0.217. The molecule has 124 valence electrons. The van der Waals surface area contributed by atoms with Crippen LogP contribution in [0, 0.1) is 0 Å². The zero-order chi connectivity index (χ0) is 17.2. The van der Waals surface area contributed by atoms with Crippen LogP contribution < -0.4 is 10.1 Å². The van der Waals surface area contributed by atoms with Gasteiger partial charge in [0.25, 0.3) is 0 Å². The summed E-state index contributed by atoms with van der Waals surface area (Å²) in [6.07, 6.45) is -4.75. The Balaban J connectivity index is 1.82. The summed E-state index contributed by atoms with van der Waals surface area (Å²) in [5.74, 6) is -0.296. The average molecular weight is 353 g/mol. The molecular formula is C17H12ClF3N2O. The van der Waals surface area contributed by atoms with Gasteiger partial charge in [-0.2, -0.15) is 0 Å². The van der Waals surface area contributed by atoms with E-state index in [1.807, 2.05) is 30.3 Å². The maximum absolute atomic E-state index is 12.4. The molecule has 24 heavy (non-hydrogen) atoms. The number of hydrogen-bond acceptors (Lipinski definition) is 3. The lowest BCUT2D eigenvalue weighted by Gasteiger charge is -2.15. The predicted octanol–water partition coefficient (Wildman–Crippen LogP) is 5.40. The lowest BCUT2D eigenvalue weighted by atomic mass is 10.1. The predicted molar refractivity (Wildman–Crippen MR) is 87.2 cm³/mol. The van der Waals surface area contributed by atoms with Gasteiger partial charge in [-0.25, -0.2) is 4.98 Å². The Hall–Kier alpha value is -2.47. The van der Waals surface area contributed by atoms with Crippen molar-refractivity contribution in [3.05, 3.63) is 65.3 Å². The monoisotopic (exact) mass is 352 g/mol. The smallest absolute Gasteiger partial charge is 0.404 e. The minimum atomic E-state index is -4.75. The van der Waals surface area contributed by atoms with Crippen molar-refractivity contribution in [2.45, 2.75) is 12.9 Å². The molecule has 3 aromatic rings. The molecule has 0 unspecified atom stereocenters. The van der Waals surface area contributed by atoms with Gasteiger partial charge in [-0.05, 0) is 24.3 Å². The van der Waals surface area contributed by atoms with E-state index in [-0.39, 0.29) is 18.0 Å².